The quantitative estimate of drug-likeness (QED) is 0.699. The summed E-state index contributed by atoms with van der Waals surface area (Å²) >= 11 is 0. The van der Waals surface area contributed by atoms with Gasteiger partial charge >= 0.3 is 0 Å². The number of Topliss-reactive ketones (excluding diaryl/α,β-unsaturated/α-hetero) is 1. The molecule has 8 heteroatoms. The maximum atomic E-state index is 12.9. The lowest BCUT2D eigenvalue weighted by atomic mass is 10.1. The number of hydrogen-bond acceptors (Lipinski definition) is 5. The van der Waals surface area contributed by atoms with Crippen LogP contribution in [0.4, 0.5) is 5.69 Å². The van der Waals surface area contributed by atoms with Gasteiger partial charge in [-0.25, -0.2) is 12.7 Å². The van der Waals surface area contributed by atoms with E-state index in [1.165, 1.54) is 33.2 Å². The van der Waals surface area contributed by atoms with E-state index >= 15 is 0 Å². The molecule has 1 saturated heterocycles. The molecule has 0 saturated carbocycles. The highest BCUT2D eigenvalue weighted by atomic mass is 32.2. The van der Waals surface area contributed by atoms with Crippen LogP contribution >= 0.6 is 0 Å². The van der Waals surface area contributed by atoms with Crippen molar-refractivity contribution in [1.82, 2.24) is 9.21 Å². The van der Waals surface area contributed by atoms with E-state index < -0.39 is 10.0 Å². The van der Waals surface area contributed by atoms with E-state index in [-0.39, 0.29) is 16.6 Å². The Bertz CT molecular complexity index is 1010. The number of piperazine rings is 1. The molecule has 0 aromatic heterocycles. The van der Waals surface area contributed by atoms with Crippen molar-refractivity contribution in [1.29, 1.82) is 0 Å². The lowest BCUT2D eigenvalue weighted by molar-refractivity contribution is 0.0746. The van der Waals surface area contributed by atoms with Crippen molar-refractivity contribution in [2.75, 3.05) is 45.2 Å². The maximum absolute atomic E-state index is 12.9. The number of ketones is 1. The highest BCUT2D eigenvalue weighted by Crippen LogP contribution is 2.20. The zero-order chi connectivity index (χ0) is 21.2. The molecule has 0 unspecified atom stereocenters. The molecule has 0 bridgehead atoms. The summed E-state index contributed by atoms with van der Waals surface area (Å²) in [5.41, 5.74) is 2.06. The van der Waals surface area contributed by atoms with Gasteiger partial charge in [-0.05, 0) is 49.4 Å². The van der Waals surface area contributed by atoms with E-state index in [9.17, 15) is 18.0 Å². The lowest BCUT2D eigenvalue weighted by Gasteiger charge is -2.36. The van der Waals surface area contributed by atoms with Crippen LogP contribution in [0.3, 0.4) is 0 Å². The summed E-state index contributed by atoms with van der Waals surface area (Å²) in [6.45, 7) is 3.95. The van der Waals surface area contributed by atoms with Crippen LogP contribution in [0.25, 0.3) is 0 Å². The molecule has 1 aliphatic heterocycles. The number of hydrogen-bond donors (Lipinski definition) is 0. The molecule has 2 aromatic rings. The highest BCUT2D eigenvalue weighted by Gasteiger charge is 2.24. The molecule has 0 atom stereocenters. The smallest absolute Gasteiger partial charge is 0.254 e. The molecule has 0 N–H and O–H groups in total. The van der Waals surface area contributed by atoms with Crippen LogP contribution < -0.4 is 4.90 Å². The van der Waals surface area contributed by atoms with Crippen molar-refractivity contribution in [3.63, 3.8) is 0 Å². The number of amides is 1. The molecule has 1 heterocycles. The van der Waals surface area contributed by atoms with Gasteiger partial charge in [-0.1, -0.05) is 6.07 Å². The first-order valence-electron chi connectivity index (χ1n) is 9.38. The van der Waals surface area contributed by atoms with E-state index in [0.717, 1.165) is 9.99 Å². The molecule has 3 rings (SSSR count). The molecule has 0 spiro atoms. The molecule has 0 aliphatic carbocycles. The summed E-state index contributed by atoms with van der Waals surface area (Å²) in [5, 5.41) is 0. The summed E-state index contributed by atoms with van der Waals surface area (Å²) in [4.78, 5) is 28.3. The molecular formula is C21H25N3O4S. The van der Waals surface area contributed by atoms with E-state index in [2.05, 4.69) is 4.90 Å². The number of carbonyl (C=O) groups is 2. The summed E-state index contributed by atoms with van der Waals surface area (Å²) in [6, 6.07) is 13.6. The minimum absolute atomic E-state index is 0.0328. The Kier molecular flexibility index (Phi) is 6.04. The van der Waals surface area contributed by atoms with Crippen LogP contribution in [-0.4, -0.2) is 69.6 Å². The molecule has 7 nitrogen and oxygen atoms in total. The number of anilines is 1. The first kappa shape index (κ1) is 21.0. The molecule has 1 aliphatic rings. The van der Waals surface area contributed by atoms with Crippen molar-refractivity contribution in [2.24, 2.45) is 0 Å². The van der Waals surface area contributed by atoms with E-state index in [4.69, 9.17) is 0 Å². The van der Waals surface area contributed by atoms with Gasteiger partial charge in [0.25, 0.3) is 5.91 Å². The third-order valence-corrected chi connectivity index (χ3v) is 6.88. The summed E-state index contributed by atoms with van der Waals surface area (Å²) < 4.78 is 25.8. The predicted molar refractivity (Wildman–Crippen MR) is 112 cm³/mol. The Balaban J connectivity index is 1.68. The summed E-state index contributed by atoms with van der Waals surface area (Å²) in [7, 11) is -0.659. The third-order valence-electron chi connectivity index (χ3n) is 5.07. The average molecular weight is 416 g/mol. The first-order chi connectivity index (χ1) is 13.7. The standard InChI is InChI=1S/C21H25N3O4S/c1-16(25)17-7-9-19(10-8-17)23-11-13-24(14-12-23)21(26)18-5-4-6-20(15-18)29(27,28)22(2)3/h4-10,15H,11-14H2,1-3H3. The largest absolute Gasteiger partial charge is 0.368 e. The minimum atomic E-state index is -3.59. The maximum Gasteiger partial charge on any atom is 0.254 e. The van der Waals surface area contributed by atoms with Gasteiger partial charge < -0.3 is 9.80 Å². The Labute approximate surface area is 171 Å². The Hall–Kier alpha value is -2.71. The zero-order valence-corrected chi connectivity index (χ0v) is 17.6. The average Bonchev–Trinajstić information content (AvgIpc) is 2.73. The van der Waals surface area contributed by atoms with Crippen LogP contribution in [-0.2, 0) is 10.0 Å². The number of rotatable bonds is 5. The van der Waals surface area contributed by atoms with Crippen LogP contribution in [0.2, 0.25) is 0 Å². The molecule has 1 amide bonds. The fourth-order valence-corrected chi connectivity index (χ4v) is 4.21. The molecule has 2 aromatic carbocycles. The second-order valence-electron chi connectivity index (χ2n) is 7.20. The van der Waals surface area contributed by atoms with Crippen molar-refractivity contribution < 1.29 is 18.0 Å². The topological polar surface area (TPSA) is 78.0 Å². The second-order valence-corrected chi connectivity index (χ2v) is 9.35. The second kappa shape index (κ2) is 8.34. The van der Waals surface area contributed by atoms with E-state index in [1.54, 1.807) is 17.0 Å². The Morgan fingerprint density at radius 2 is 1.52 bits per heavy atom. The van der Waals surface area contributed by atoms with Gasteiger partial charge in [-0.2, -0.15) is 0 Å². The lowest BCUT2D eigenvalue weighted by Crippen LogP contribution is -2.48. The molecular weight excluding hydrogens is 390 g/mol. The Morgan fingerprint density at radius 1 is 0.897 bits per heavy atom. The van der Waals surface area contributed by atoms with Crippen molar-refractivity contribution >= 4 is 27.4 Å². The molecule has 154 valence electrons. The van der Waals surface area contributed by atoms with Crippen LogP contribution in [0.1, 0.15) is 27.6 Å². The van der Waals surface area contributed by atoms with Crippen LogP contribution in [0.15, 0.2) is 53.4 Å². The summed E-state index contributed by atoms with van der Waals surface area (Å²) in [6.07, 6.45) is 0. The zero-order valence-electron chi connectivity index (χ0n) is 16.8. The summed E-state index contributed by atoms with van der Waals surface area (Å²) in [5.74, 6) is -0.141. The van der Waals surface area contributed by atoms with Gasteiger partial charge in [-0.3, -0.25) is 9.59 Å². The van der Waals surface area contributed by atoms with Crippen LogP contribution in [0.5, 0.6) is 0 Å². The third kappa shape index (κ3) is 4.49. The number of nitrogens with zero attached hydrogens (tertiary/aromatic N) is 3. The van der Waals surface area contributed by atoms with Gasteiger partial charge in [0.05, 0.1) is 4.90 Å². The molecule has 1 fully saturated rings. The van der Waals surface area contributed by atoms with Gasteiger partial charge in [0, 0.05) is 57.1 Å². The van der Waals surface area contributed by atoms with Crippen LogP contribution in [0, 0.1) is 0 Å². The molecule has 29 heavy (non-hydrogen) atoms. The van der Waals surface area contributed by atoms with Gasteiger partial charge in [-0.15, -0.1) is 0 Å². The normalized spacial score (nSPS) is 14.9. The van der Waals surface area contributed by atoms with Gasteiger partial charge in [0.2, 0.25) is 10.0 Å². The predicted octanol–water partition coefficient (Wildman–Crippen LogP) is 2.10. The Morgan fingerprint density at radius 3 is 2.07 bits per heavy atom. The number of sulfonamides is 1. The van der Waals surface area contributed by atoms with E-state index in [0.29, 0.717) is 37.3 Å². The minimum Gasteiger partial charge on any atom is -0.368 e. The van der Waals surface area contributed by atoms with Crippen molar-refractivity contribution in [2.45, 2.75) is 11.8 Å². The molecule has 0 radical (unpaired) electrons. The monoisotopic (exact) mass is 415 g/mol. The van der Waals surface area contributed by atoms with E-state index in [1.807, 2.05) is 24.3 Å². The number of benzene rings is 2. The van der Waals surface area contributed by atoms with Gasteiger partial charge in [0.15, 0.2) is 5.78 Å². The number of carbonyl (C=O) groups excluding carboxylic acids is 2. The van der Waals surface area contributed by atoms with Crippen molar-refractivity contribution in [3.05, 3.63) is 59.7 Å². The first-order valence-corrected chi connectivity index (χ1v) is 10.8. The SMILES string of the molecule is CC(=O)c1ccc(N2CCN(C(=O)c3cccc(S(=O)(=O)N(C)C)c3)CC2)cc1. The fourth-order valence-electron chi connectivity index (χ4n) is 3.26. The van der Waals surface area contributed by atoms with Gasteiger partial charge in [0.1, 0.15) is 0 Å². The van der Waals surface area contributed by atoms with Crippen molar-refractivity contribution in [3.8, 4) is 0 Å². The highest BCUT2D eigenvalue weighted by molar-refractivity contribution is 7.89. The fraction of sp³-hybridized carbons (Fsp3) is 0.333.